The van der Waals surface area contributed by atoms with Gasteiger partial charge in [-0.25, -0.2) is 0 Å². The summed E-state index contributed by atoms with van der Waals surface area (Å²) in [5.41, 5.74) is 3.64. The smallest absolute Gasteiger partial charge is 0.446 e. The first-order valence-electron chi connectivity index (χ1n) is 10.2. The third-order valence-electron chi connectivity index (χ3n) is 7.19. The first kappa shape index (κ1) is 22.1. The minimum atomic E-state index is -4.79. The summed E-state index contributed by atoms with van der Waals surface area (Å²) in [4.78, 5) is 0. The Morgan fingerprint density at radius 1 is 1.21 bits per heavy atom. The van der Waals surface area contributed by atoms with Crippen molar-refractivity contribution in [3.05, 3.63) is 34.4 Å². The summed E-state index contributed by atoms with van der Waals surface area (Å²) in [7, 11) is -4.79. The number of aliphatic hydroxyl groups excluding tert-OH is 1. The number of aliphatic hydroxyl groups is 1. The van der Waals surface area contributed by atoms with Crippen molar-refractivity contribution in [3.8, 4) is 11.5 Å². The van der Waals surface area contributed by atoms with Crippen LogP contribution in [0, 0.1) is 16.7 Å². The predicted octanol–water partition coefficient (Wildman–Crippen LogP) is 4.55. The Bertz CT molecular complexity index is 931. The molecule has 29 heavy (non-hydrogen) atoms. The molecule has 0 saturated heterocycles. The number of phenols is 1. The average molecular weight is 425 g/mol. The molecule has 2 aliphatic carbocycles. The highest BCUT2D eigenvalue weighted by molar-refractivity contribution is 7.81. The lowest BCUT2D eigenvalue weighted by molar-refractivity contribution is 0.0112. The van der Waals surface area contributed by atoms with Gasteiger partial charge in [-0.2, -0.15) is 8.42 Å². The van der Waals surface area contributed by atoms with Gasteiger partial charge in [-0.05, 0) is 73.5 Å². The highest BCUT2D eigenvalue weighted by Gasteiger charge is 2.50. The van der Waals surface area contributed by atoms with Crippen LogP contribution in [0.15, 0.2) is 23.3 Å². The van der Waals surface area contributed by atoms with Crippen molar-refractivity contribution >= 4 is 10.4 Å². The zero-order valence-electron chi connectivity index (χ0n) is 17.7. The number of rotatable bonds is 5. The van der Waals surface area contributed by atoms with E-state index in [-0.39, 0.29) is 23.2 Å². The molecule has 2 aliphatic rings. The van der Waals surface area contributed by atoms with E-state index in [9.17, 15) is 23.2 Å². The number of phenolic OH excluding ortho intramolecular Hbond substituents is 1. The van der Waals surface area contributed by atoms with E-state index in [4.69, 9.17) is 4.18 Å². The first-order valence-corrected chi connectivity index (χ1v) is 11.6. The van der Waals surface area contributed by atoms with Gasteiger partial charge in [0.2, 0.25) is 0 Å². The summed E-state index contributed by atoms with van der Waals surface area (Å²) in [6, 6.07) is 2.89. The van der Waals surface area contributed by atoms with Gasteiger partial charge >= 0.3 is 10.4 Å². The standard InChI is InChI=1S/C22H32O6S/c1-14-6-7-19-21(2,3)8-5-9-22(19,4)17(14)12-16-10-15(13-23)11-18(24)20(16)28-29(25,26)27/h10-11,19,23-24H,5-9,12-13H2,1-4H3,(H,25,26,27)/t19-,22-/m1/s1. The molecule has 7 heteroatoms. The number of allylic oxidation sites excluding steroid dienone is 2. The topological polar surface area (TPSA) is 104 Å². The van der Waals surface area contributed by atoms with Crippen LogP contribution in [0.1, 0.15) is 70.9 Å². The van der Waals surface area contributed by atoms with Crippen LogP contribution >= 0.6 is 0 Å². The molecule has 0 radical (unpaired) electrons. The van der Waals surface area contributed by atoms with Gasteiger partial charge in [-0.1, -0.05) is 38.3 Å². The Balaban J connectivity index is 2.09. The summed E-state index contributed by atoms with van der Waals surface area (Å²) < 4.78 is 36.6. The van der Waals surface area contributed by atoms with Crippen LogP contribution in [0.5, 0.6) is 11.5 Å². The van der Waals surface area contributed by atoms with E-state index in [1.165, 1.54) is 23.6 Å². The fourth-order valence-corrected chi connectivity index (χ4v) is 6.30. The van der Waals surface area contributed by atoms with Crippen LogP contribution in [-0.2, 0) is 23.4 Å². The molecule has 2 atom stereocenters. The molecule has 0 aliphatic heterocycles. The Morgan fingerprint density at radius 3 is 2.52 bits per heavy atom. The van der Waals surface area contributed by atoms with E-state index in [1.807, 2.05) is 0 Å². The van der Waals surface area contributed by atoms with E-state index in [0.717, 1.165) is 25.7 Å². The van der Waals surface area contributed by atoms with Crippen molar-refractivity contribution in [1.29, 1.82) is 0 Å². The summed E-state index contributed by atoms with van der Waals surface area (Å²) in [6.07, 6.45) is 5.91. The maximum atomic E-state index is 11.4. The monoisotopic (exact) mass is 424 g/mol. The molecule has 0 bridgehead atoms. The highest BCUT2D eigenvalue weighted by atomic mass is 32.3. The number of benzene rings is 1. The molecule has 1 saturated carbocycles. The van der Waals surface area contributed by atoms with Crippen molar-refractivity contribution < 1.29 is 27.4 Å². The fourth-order valence-electron chi connectivity index (χ4n) is 5.90. The number of aromatic hydroxyl groups is 1. The van der Waals surface area contributed by atoms with Crippen LogP contribution in [0.4, 0.5) is 0 Å². The van der Waals surface area contributed by atoms with Crippen LogP contribution < -0.4 is 4.18 Å². The van der Waals surface area contributed by atoms with Crippen LogP contribution in [0.25, 0.3) is 0 Å². The maximum Gasteiger partial charge on any atom is 0.446 e. The van der Waals surface area contributed by atoms with Gasteiger partial charge in [0.1, 0.15) is 0 Å². The number of hydrogen-bond acceptors (Lipinski definition) is 5. The van der Waals surface area contributed by atoms with Gasteiger partial charge in [0.15, 0.2) is 11.5 Å². The Labute approximate surface area is 173 Å². The third-order valence-corrected chi connectivity index (χ3v) is 7.56. The second-order valence-electron chi connectivity index (χ2n) is 9.56. The average Bonchev–Trinajstić information content (AvgIpc) is 2.58. The molecule has 6 nitrogen and oxygen atoms in total. The Hall–Kier alpha value is -1.57. The highest BCUT2D eigenvalue weighted by Crippen LogP contribution is 2.60. The second-order valence-corrected chi connectivity index (χ2v) is 10.6. The summed E-state index contributed by atoms with van der Waals surface area (Å²) in [5.74, 6) is -0.169. The van der Waals surface area contributed by atoms with E-state index < -0.39 is 16.1 Å². The van der Waals surface area contributed by atoms with Crippen molar-refractivity contribution in [2.24, 2.45) is 16.7 Å². The molecule has 3 N–H and O–H groups in total. The van der Waals surface area contributed by atoms with E-state index in [2.05, 4.69) is 27.7 Å². The zero-order valence-corrected chi connectivity index (χ0v) is 18.5. The van der Waals surface area contributed by atoms with Crippen molar-refractivity contribution in [2.75, 3.05) is 0 Å². The van der Waals surface area contributed by atoms with Gasteiger partial charge in [-0.3, -0.25) is 4.55 Å². The van der Waals surface area contributed by atoms with Crippen LogP contribution in [0.2, 0.25) is 0 Å². The van der Waals surface area contributed by atoms with Gasteiger partial charge in [-0.15, -0.1) is 0 Å². The van der Waals surface area contributed by atoms with Gasteiger partial charge < -0.3 is 14.4 Å². The maximum absolute atomic E-state index is 11.4. The van der Waals surface area contributed by atoms with Crippen LogP contribution in [0.3, 0.4) is 0 Å². The summed E-state index contributed by atoms with van der Waals surface area (Å²) >= 11 is 0. The quantitative estimate of drug-likeness (QED) is 0.473. The van der Waals surface area contributed by atoms with Crippen LogP contribution in [-0.4, -0.2) is 23.2 Å². The van der Waals surface area contributed by atoms with Gasteiger partial charge in [0.25, 0.3) is 0 Å². The largest absolute Gasteiger partial charge is 0.504 e. The molecule has 1 aromatic rings. The molecule has 0 spiro atoms. The van der Waals surface area contributed by atoms with E-state index in [0.29, 0.717) is 23.5 Å². The molecule has 162 valence electrons. The molecule has 1 aromatic carbocycles. The first-order chi connectivity index (χ1) is 13.4. The summed E-state index contributed by atoms with van der Waals surface area (Å²) in [5, 5.41) is 19.9. The normalized spacial score (nSPS) is 26.9. The summed E-state index contributed by atoms with van der Waals surface area (Å²) in [6.45, 7) is 8.79. The lowest BCUT2D eigenvalue weighted by Gasteiger charge is -2.55. The SMILES string of the molecule is CC1=C(Cc2cc(CO)cc(O)c2OS(=O)(=O)O)[C@@]2(C)CCCC(C)(C)[C@H]2CC1. The number of fused-ring (bicyclic) bond motifs is 1. The molecule has 0 aromatic heterocycles. The van der Waals surface area contributed by atoms with Gasteiger partial charge in [0, 0.05) is 5.56 Å². The minimum Gasteiger partial charge on any atom is -0.504 e. The third kappa shape index (κ3) is 4.32. The molecular formula is C22H32O6S. The van der Waals surface area contributed by atoms with Gasteiger partial charge in [0.05, 0.1) is 6.61 Å². The van der Waals surface area contributed by atoms with Crippen molar-refractivity contribution in [1.82, 2.24) is 0 Å². The molecular weight excluding hydrogens is 392 g/mol. The van der Waals surface area contributed by atoms with Crippen molar-refractivity contribution in [3.63, 3.8) is 0 Å². The lowest BCUT2D eigenvalue weighted by Crippen LogP contribution is -2.45. The molecule has 0 amide bonds. The lowest BCUT2D eigenvalue weighted by atomic mass is 9.50. The molecule has 0 unspecified atom stereocenters. The molecule has 3 rings (SSSR count). The van der Waals surface area contributed by atoms with Crippen molar-refractivity contribution in [2.45, 2.75) is 72.8 Å². The van der Waals surface area contributed by atoms with E-state index in [1.54, 1.807) is 6.07 Å². The fraction of sp³-hybridized carbons (Fsp3) is 0.636. The molecule has 1 fully saturated rings. The molecule has 0 heterocycles. The minimum absolute atomic E-state index is 0.0235. The zero-order chi connectivity index (χ0) is 21.6. The predicted molar refractivity (Wildman–Crippen MR) is 111 cm³/mol. The second kappa shape index (κ2) is 7.60. The Morgan fingerprint density at radius 2 is 1.90 bits per heavy atom. The number of hydrogen-bond donors (Lipinski definition) is 3. The Kier molecular flexibility index (Phi) is 5.80. The van der Waals surface area contributed by atoms with E-state index >= 15 is 0 Å².